The predicted molar refractivity (Wildman–Crippen MR) is 127 cm³/mol. The van der Waals surface area contributed by atoms with Gasteiger partial charge in [0.2, 0.25) is 5.91 Å². The third-order valence-electron chi connectivity index (χ3n) is 7.37. The van der Waals surface area contributed by atoms with Crippen molar-refractivity contribution in [3.8, 4) is 5.75 Å². The molecule has 3 aliphatic rings. The summed E-state index contributed by atoms with van der Waals surface area (Å²) in [4.78, 5) is 15.8. The minimum atomic E-state index is -2.77. The lowest BCUT2D eigenvalue weighted by atomic mass is 9.94. The lowest BCUT2D eigenvalue weighted by Crippen LogP contribution is -2.62. The fourth-order valence-electron chi connectivity index (χ4n) is 5.23. The van der Waals surface area contributed by atoms with E-state index in [2.05, 4.69) is 18.7 Å². The van der Waals surface area contributed by atoms with E-state index in [9.17, 15) is 13.6 Å². The average Bonchev–Trinajstić information content (AvgIpc) is 2.80. The fourth-order valence-corrected chi connectivity index (χ4v) is 5.23. The molecule has 6 nitrogen and oxygen atoms in total. The van der Waals surface area contributed by atoms with Gasteiger partial charge in [0.1, 0.15) is 5.75 Å². The van der Waals surface area contributed by atoms with Gasteiger partial charge in [-0.15, -0.1) is 0 Å². The first-order valence-electron chi connectivity index (χ1n) is 12.8. The lowest BCUT2D eigenvalue weighted by Gasteiger charge is -2.39. The Labute approximate surface area is 201 Å². The van der Waals surface area contributed by atoms with Crippen LogP contribution in [0.4, 0.5) is 8.78 Å². The van der Waals surface area contributed by atoms with E-state index < -0.39 is 31.0 Å². The van der Waals surface area contributed by atoms with Gasteiger partial charge in [-0.1, -0.05) is 12.1 Å². The minimum Gasteiger partial charge on any atom is -0.490 e. The maximum absolute atomic E-state index is 13.0. The van der Waals surface area contributed by atoms with E-state index in [1.165, 1.54) is 0 Å². The molecule has 190 valence electrons. The highest BCUT2D eigenvalue weighted by Gasteiger charge is 2.47. The summed E-state index contributed by atoms with van der Waals surface area (Å²) < 4.78 is 38.5. The molecule has 8 heteroatoms. The maximum atomic E-state index is 13.0. The minimum absolute atomic E-state index is 0.186. The molecule has 1 aliphatic carbocycles. The van der Waals surface area contributed by atoms with Crippen molar-refractivity contribution in [2.24, 2.45) is 5.73 Å². The normalized spacial score (nSPS) is 26.8. The van der Waals surface area contributed by atoms with Crippen LogP contribution in [0.25, 0.3) is 0 Å². The van der Waals surface area contributed by atoms with Gasteiger partial charge < -0.3 is 25.0 Å². The van der Waals surface area contributed by atoms with Gasteiger partial charge in [-0.05, 0) is 76.5 Å². The second-order valence-electron chi connectivity index (χ2n) is 10.5. The summed E-state index contributed by atoms with van der Waals surface area (Å²) in [6, 6.07) is 7.39. The molecular weight excluding hydrogens is 440 g/mol. The van der Waals surface area contributed by atoms with Crippen LogP contribution in [0.1, 0.15) is 57.9 Å². The van der Waals surface area contributed by atoms with Gasteiger partial charge in [0.05, 0.1) is 37.4 Å². The number of carbonyl (C=O) groups is 1. The van der Waals surface area contributed by atoms with Crippen LogP contribution >= 0.6 is 0 Å². The van der Waals surface area contributed by atoms with Crippen LogP contribution in [0.5, 0.6) is 5.75 Å². The molecule has 2 saturated heterocycles. The number of likely N-dealkylation sites (tertiary alicyclic amines) is 2. The SMILES string of the molecule is CC(C)N1CCC(OC2CCC(Oc3ccc(C[C@@H](N)C(=O)N4CC(F)(F)C4)cc3)CC2)CC1. The summed E-state index contributed by atoms with van der Waals surface area (Å²) in [7, 11) is 0. The molecule has 1 amide bonds. The molecule has 4 rings (SSSR count). The van der Waals surface area contributed by atoms with Crippen LogP contribution in [0.2, 0.25) is 0 Å². The van der Waals surface area contributed by atoms with E-state index in [4.69, 9.17) is 15.2 Å². The Bertz CT molecular complexity index is 796. The number of alkyl halides is 2. The number of halogens is 2. The van der Waals surface area contributed by atoms with E-state index in [1.807, 2.05) is 24.3 Å². The molecule has 2 aliphatic heterocycles. The molecule has 3 fully saturated rings. The number of benzene rings is 1. The number of carbonyl (C=O) groups excluding carboxylic acids is 1. The van der Waals surface area contributed by atoms with Gasteiger partial charge in [0, 0.05) is 19.1 Å². The molecule has 1 aromatic carbocycles. The number of hydrogen-bond acceptors (Lipinski definition) is 5. The molecule has 0 spiro atoms. The van der Waals surface area contributed by atoms with Gasteiger partial charge in [-0.25, -0.2) is 8.78 Å². The summed E-state index contributed by atoms with van der Waals surface area (Å²) in [5, 5.41) is 0. The van der Waals surface area contributed by atoms with Crippen molar-refractivity contribution < 1.29 is 23.0 Å². The number of nitrogens with zero attached hydrogens (tertiary/aromatic N) is 2. The average molecular weight is 480 g/mol. The Morgan fingerprint density at radius 3 is 2.12 bits per heavy atom. The smallest absolute Gasteiger partial charge is 0.282 e. The van der Waals surface area contributed by atoms with Gasteiger partial charge in [0.15, 0.2) is 0 Å². The van der Waals surface area contributed by atoms with Crippen molar-refractivity contribution in [3.63, 3.8) is 0 Å². The summed E-state index contributed by atoms with van der Waals surface area (Å²) in [6.45, 7) is 5.71. The van der Waals surface area contributed by atoms with Gasteiger partial charge >= 0.3 is 0 Å². The van der Waals surface area contributed by atoms with E-state index >= 15 is 0 Å². The highest BCUT2D eigenvalue weighted by atomic mass is 19.3. The van der Waals surface area contributed by atoms with Crippen molar-refractivity contribution in [1.82, 2.24) is 9.80 Å². The van der Waals surface area contributed by atoms with E-state index in [0.29, 0.717) is 24.7 Å². The zero-order valence-electron chi connectivity index (χ0n) is 20.4. The second kappa shape index (κ2) is 10.9. The van der Waals surface area contributed by atoms with Crippen LogP contribution < -0.4 is 10.5 Å². The van der Waals surface area contributed by atoms with Crippen LogP contribution in [0.3, 0.4) is 0 Å². The first kappa shape index (κ1) is 25.3. The molecular formula is C26H39F2N3O3. The number of hydrogen-bond donors (Lipinski definition) is 1. The summed E-state index contributed by atoms with van der Waals surface area (Å²) in [6.07, 6.45) is 7.50. The topological polar surface area (TPSA) is 68.0 Å². The Balaban J connectivity index is 1.15. The van der Waals surface area contributed by atoms with Crippen LogP contribution in [-0.2, 0) is 16.0 Å². The molecule has 1 atom stereocenters. The van der Waals surface area contributed by atoms with Crippen LogP contribution in [0, 0.1) is 0 Å². The lowest BCUT2D eigenvalue weighted by molar-refractivity contribution is -0.166. The third kappa shape index (κ3) is 6.67. The summed E-state index contributed by atoms with van der Waals surface area (Å²) in [5.41, 5.74) is 6.84. The standard InChI is InChI=1S/C26H39F2N3O3/c1-18(2)30-13-11-23(12-14-30)34-22-9-7-21(8-10-22)33-20-5-3-19(4-6-20)15-24(29)25(32)31-16-26(27,28)17-31/h3-6,18,21-24H,7-17,29H2,1-2H3/t21?,22?,24-/m1/s1. The Hall–Kier alpha value is -1.77. The number of piperidine rings is 1. The highest BCUT2D eigenvalue weighted by molar-refractivity contribution is 5.83. The Morgan fingerprint density at radius 2 is 1.56 bits per heavy atom. The van der Waals surface area contributed by atoms with Crippen LogP contribution in [0.15, 0.2) is 24.3 Å². The predicted octanol–water partition coefficient (Wildman–Crippen LogP) is 3.61. The third-order valence-corrected chi connectivity index (χ3v) is 7.37. The Morgan fingerprint density at radius 1 is 1.00 bits per heavy atom. The Kier molecular flexibility index (Phi) is 8.10. The molecule has 1 saturated carbocycles. The number of ether oxygens (including phenoxy) is 2. The number of rotatable bonds is 8. The molecule has 1 aromatic rings. The summed E-state index contributed by atoms with van der Waals surface area (Å²) >= 11 is 0. The zero-order valence-corrected chi connectivity index (χ0v) is 20.4. The fraction of sp³-hybridized carbons (Fsp3) is 0.731. The second-order valence-corrected chi connectivity index (χ2v) is 10.5. The van der Waals surface area contributed by atoms with Crippen molar-refractivity contribution in [3.05, 3.63) is 29.8 Å². The zero-order chi connectivity index (χ0) is 24.3. The van der Waals surface area contributed by atoms with Crippen molar-refractivity contribution in [2.75, 3.05) is 26.2 Å². The molecule has 2 heterocycles. The molecule has 2 N–H and O–H groups in total. The van der Waals surface area contributed by atoms with E-state index in [-0.39, 0.29) is 6.10 Å². The van der Waals surface area contributed by atoms with Gasteiger partial charge in [0.25, 0.3) is 5.92 Å². The van der Waals surface area contributed by atoms with E-state index in [1.54, 1.807) is 0 Å². The van der Waals surface area contributed by atoms with Crippen LogP contribution in [-0.4, -0.2) is 78.2 Å². The quantitative estimate of drug-likeness (QED) is 0.617. The molecule has 0 radical (unpaired) electrons. The van der Waals surface area contributed by atoms with Crippen molar-refractivity contribution >= 4 is 5.91 Å². The molecule has 0 aromatic heterocycles. The largest absolute Gasteiger partial charge is 0.490 e. The van der Waals surface area contributed by atoms with Gasteiger partial charge in [-0.2, -0.15) is 0 Å². The monoisotopic (exact) mass is 479 g/mol. The van der Waals surface area contributed by atoms with E-state index in [0.717, 1.165) is 67.8 Å². The molecule has 0 unspecified atom stereocenters. The number of amides is 1. The van der Waals surface area contributed by atoms with Crippen molar-refractivity contribution in [1.29, 1.82) is 0 Å². The molecule has 0 bridgehead atoms. The molecule has 34 heavy (non-hydrogen) atoms. The maximum Gasteiger partial charge on any atom is 0.282 e. The first-order valence-corrected chi connectivity index (χ1v) is 12.8. The first-order chi connectivity index (χ1) is 16.2. The number of nitrogens with two attached hydrogens (primary N) is 1. The van der Waals surface area contributed by atoms with Crippen molar-refractivity contribution in [2.45, 2.75) is 95.1 Å². The highest BCUT2D eigenvalue weighted by Crippen LogP contribution is 2.29. The van der Waals surface area contributed by atoms with Gasteiger partial charge in [-0.3, -0.25) is 4.79 Å². The summed E-state index contributed by atoms with van der Waals surface area (Å²) in [5.74, 6) is -2.39.